The normalized spacial score (nSPS) is 17.3. The molecule has 3 heterocycles. The maximum absolute atomic E-state index is 13.2. The van der Waals surface area contributed by atoms with Crippen molar-refractivity contribution in [2.24, 2.45) is 0 Å². The van der Waals surface area contributed by atoms with Gasteiger partial charge in [0.15, 0.2) is 5.52 Å². The fraction of sp³-hybridized carbons (Fsp3) is 0.391. The van der Waals surface area contributed by atoms with Gasteiger partial charge in [0.25, 0.3) is 0 Å². The van der Waals surface area contributed by atoms with E-state index in [0.717, 1.165) is 23.9 Å². The Balaban J connectivity index is 1.20. The average molecular weight is 471 g/mol. The second kappa shape index (κ2) is 8.53. The average Bonchev–Trinajstić information content (AvgIpc) is 3.45. The zero-order valence-corrected chi connectivity index (χ0v) is 19.2. The smallest absolute Gasteiger partial charge is 0.245 e. The zero-order chi connectivity index (χ0) is 23.1. The number of hydrogen-bond acceptors (Lipinski definition) is 8. The summed E-state index contributed by atoms with van der Waals surface area (Å²) in [5, 5.41) is 19.7. The Morgan fingerprint density at radius 2 is 1.91 bits per heavy atom. The second-order valence-electron chi connectivity index (χ2n) is 8.72. The number of sulfonamides is 1. The molecule has 1 N–H and O–H groups in total. The number of benzene rings is 2. The quantitative estimate of drug-likeness (QED) is 0.439. The van der Waals surface area contributed by atoms with Crippen LogP contribution in [0, 0.1) is 0 Å². The third kappa shape index (κ3) is 4.26. The van der Waals surface area contributed by atoms with E-state index in [1.165, 1.54) is 23.0 Å². The Morgan fingerprint density at radius 3 is 2.73 bits per heavy atom. The molecule has 0 bridgehead atoms. The van der Waals surface area contributed by atoms with Crippen molar-refractivity contribution in [1.82, 2.24) is 19.5 Å². The number of hydrogen-bond donors (Lipinski definition) is 1. The van der Waals surface area contributed by atoms with Gasteiger partial charge in [-0.25, -0.2) is 13.0 Å². The summed E-state index contributed by atoms with van der Waals surface area (Å²) in [7, 11) is -2.38. The summed E-state index contributed by atoms with van der Waals surface area (Å²) in [5.74, 6) is 0. The van der Waals surface area contributed by atoms with Crippen LogP contribution in [0.5, 0.6) is 0 Å². The molecule has 0 amide bonds. The highest BCUT2D eigenvalue weighted by Gasteiger charge is 2.37. The lowest BCUT2D eigenvalue weighted by atomic mass is 9.91. The monoisotopic (exact) mass is 470 g/mol. The Hall–Kier alpha value is -2.79. The Kier molecular flexibility index (Phi) is 5.69. The number of aromatic nitrogens is 2. The summed E-state index contributed by atoms with van der Waals surface area (Å²) < 4.78 is 37.8. The molecule has 33 heavy (non-hydrogen) atoms. The Labute approximate surface area is 191 Å². The molecule has 4 aromatic rings. The van der Waals surface area contributed by atoms with Gasteiger partial charge in [0, 0.05) is 38.6 Å². The molecule has 2 aromatic heterocycles. The molecule has 0 atom stereocenters. The lowest BCUT2D eigenvalue weighted by Gasteiger charge is -2.39. The molecule has 174 valence electrons. The van der Waals surface area contributed by atoms with Crippen LogP contribution in [0.3, 0.4) is 0 Å². The van der Waals surface area contributed by atoms with Gasteiger partial charge in [0.1, 0.15) is 16.0 Å². The molecule has 0 aliphatic carbocycles. The number of piperidine rings is 1. The van der Waals surface area contributed by atoms with Gasteiger partial charge in [-0.15, -0.1) is 0 Å². The standard InChI is InChI=1S/C23H26N4O5S/c1-26(33(29,30)21-8-4-6-19-22(21)25-32-24-19)16-23(28)10-13-27(14-11-23)12-9-17-15-31-20-7-3-2-5-18(17)20/h2-8,15,28H,9-14,16H2,1H3. The van der Waals surface area contributed by atoms with Crippen LogP contribution in [-0.4, -0.2) is 71.9 Å². The first kappa shape index (κ1) is 22.0. The first-order valence-corrected chi connectivity index (χ1v) is 12.4. The van der Waals surface area contributed by atoms with Gasteiger partial charge in [-0.2, -0.15) is 4.31 Å². The number of rotatable bonds is 7. The van der Waals surface area contributed by atoms with Crippen LogP contribution in [0.4, 0.5) is 0 Å². The van der Waals surface area contributed by atoms with E-state index in [1.807, 2.05) is 24.5 Å². The van der Waals surface area contributed by atoms with Crippen LogP contribution in [0.15, 0.2) is 62.7 Å². The van der Waals surface area contributed by atoms with Gasteiger partial charge in [-0.3, -0.25) is 0 Å². The summed E-state index contributed by atoms with van der Waals surface area (Å²) in [6.07, 6.45) is 3.67. The van der Waals surface area contributed by atoms with Crippen molar-refractivity contribution < 1.29 is 22.6 Å². The predicted octanol–water partition coefficient (Wildman–Crippen LogP) is 2.66. The van der Waals surface area contributed by atoms with E-state index in [4.69, 9.17) is 9.05 Å². The van der Waals surface area contributed by atoms with Crippen molar-refractivity contribution in [2.75, 3.05) is 33.2 Å². The molecule has 1 aliphatic rings. The molecule has 5 rings (SSSR count). The first-order valence-electron chi connectivity index (χ1n) is 10.9. The van der Waals surface area contributed by atoms with Crippen molar-refractivity contribution >= 4 is 32.0 Å². The number of nitrogens with zero attached hydrogens (tertiary/aromatic N) is 4. The fourth-order valence-corrected chi connectivity index (χ4v) is 5.90. The Morgan fingerprint density at radius 1 is 1.12 bits per heavy atom. The summed E-state index contributed by atoms with van der Waals surface area (Å²) in [5.41, 5.74) is 1.55. The molecule has 9 nitrogen and oxygen atoms in total. The highest BCUT2D eigenvalue weighted by Crippen LogP contribution is 2.28. The maximum atomic E-state index is 13.2. The van der Waals surface area contributed by atoms with Crippen LogP contribution >= 0.6 is 0 Å². The number of aliphatic hydroxyl groups is 1. The number of likely N-dealkylation sites (tertiary alicyclic amines) is 1. The summed E-state index contributed by atoms with van der Waals surface area (Å²) in [4.78, 5) is 2.32. The zero-order valence-electron chi connectivity index (χ0n) is 18.3. The Bertz CT molecular complexity index is 1370. The molecule has 2 aromatic carbocycles. The van der Waals surface area contributed by atoms with Crippen molar-refractivity contribution in [3.63, 3.8) is 0 Å². The highest BCUT2D eigenvalue weighted by atomic mass is 32.2. The predicted molar refractivity (Wildman–Crippen MR) is 122 cm³/mol. The van der Waals surface area contributed by atoms with E-state index in [1.54, 1.807) is 12.1 Å². The van der Waals surface area contributed by atoms with E-state index in [9.17, 15) is 13.5 Å². The van der Waals surface area contributed by atoms with Gasteiger partial charge in [0.2, 0.25) is 10.0 Å². The topological polar surface area (TPSA) is 113 Å². The minimum absolute atomic E-state index is 0.0111. The van der Waals surface area contributed by atoms with Crippen LogP contribution in [0.2, 0.25) is 0 Å². The highest BCUT2D eigenvalue weighted by molar-refractivity contribution is 7.89. The van der Waals surface area contributed by atoms with Crippen molar-refractivity contribution in [3.05, 3.63) is 54.3 Å². The molecule has 0 radical (unpaired) electrons. The van der Waals surface area contributed by atoms with Crippen molar-refractivity contribution in [1.29, 1.82) is 0 Å². The molecule has 0 unspecified atom stereocenters. The van der Waals surface area contributed by atoms with E-state index in [0.29, 0.717) is 31.4 Å². The SMILES string of the molecule is CN(CC1(O)CCN(CCc2coc3ccccc23)CC1)S(=O)(=O)c1cccc2nonc12. The fourth-order valence-electron chi connectivity index (χ4n) is 4.51. The molecule has 1 saturated heterocycles. The lowest BCUT2D eigenvalue weighted by Crippen LogP contribution is -2.51. The van der Waals surface area contributed by atoms with Gasteiger partial charge in [-0.1, -0.05) is 24.3 Å². The van der Waals surface area contributed by atoms with Crippen LogP contribution < -0.4 is 0 Å². The van der Waals surface area contributed by atoms with E-state index in [-0.39, 0.29) is 17.0 Å². The van der Waals surface area contributed by atoms with E-state index < -0.39 is 15.6 Å². The third-order valence-corrected chi connectivity index (χ3v) is 8.33. The summed E-state index contributed by atoms with van der Waals surface area (Å²) in [6.45, 7) is 2.26. The van der Waals surface area contributed by atoms with E-state index in [2.05, 4.69) is 21.3 Å². The molecule has 0 spiro atoms. The lowest BCUT2D eigenvalue weighted by molar-refractivity contribution is -0.0296. The molecule has 1 fully saturated rings. The number of para-hydroxylation sites is 1. The number of furan rings is 1. The third-order valence-electron chi connectivity index (χ3n) is 6.50. The second-order valence-corrected chi connectivity index (χ2v) is 10.7. The van der Waals surface area contributed by atoms with Gasteiger partial charge >= 0.3 is 0 Å². The van der Waals surface area contributed by atoms with E-state index >= 15 is 0 Å². The minimum Gasteiger partial charge on any atom is -0.464 e. The van der Waals surface area contributed by atoms with Crippen LogP contribution in [0.25, 0.3) is 22.0 Å². The largest absolute Gasteiger partial charge is 0.464 e. The van der Waals surface area contributed by atoms with Crippen molar-refractivity contribution in [2.45, 2.75) is 29.8 Å². The molecule has 1 aliphatic heterocycles. The minimum atomic E-state index is -3.86. The summed E-state index contributed by atoms with van der Waals surface area (Å²) in [6, 6.07) is 12.7. The molecular weight excluding hydrogens is 444 g/mol. The maximum Gasteiger partial charge on any atom is 0.245 e. The molecular formula is C23H26N4O5S. The van der Waals surface area contributed by atoms with Crippen molar-refractivity contribution in [3.8, 4) is 0 Å². The molecule has 10 heteroatoms. The van der Waals surface area contributed by atoms with Gasteiger partial charge in [-0.05, 0) is 53.3 Å². The van der Waals surface area contributed by atoms with Gasteiger partial charge < -0.3 is 14.4 Å². The van der Waals surface area contributed by atoms with Gasteiger partial charge in [0.05, 0.1) is 11.9 Å². The van der Waals surface area contributed by atoms with Crippen LogP contribution in [-0.2, 0) is 16.4 Å². The number of likely N-dealkylation sites (N-methyl/N-ethyl adjacent to an activating group) is 1. The van der Waals surface area contributed by atoms with Crippen LogP contribution in [0.1, 0.15) is 18.4 Å². The molecule has 0 saturated carbocycles. The number of fused-ring (bicyclic) bond motifs is 2. The first-order chi connectivity index (χ1) is 15.9. The summed E-state index contributed by atoms with van der Waals surface area (Å²) >= 11 is 0.